The molecule has 1 N–H and O–H groups in total. The second-order valence-electron chi connectivity index (χ2n) is 8.76. The minimum absolute atomic E-state index is 0.0503. The summed E-state index contributed by atoms with van der Waals surface area (Å²) in [6, 6.07) is 23.2. The zero-order valence-electron chi connectivity index (χ0n) is 20.5. The lowest BCUT2D eigenvalue weighted by atomic mass is 9.95. The summed E-state index contributed by atoms with van der Waals surface area (Å²) >= 11 is 0. The highest BCUT2D eigenvalue weighted by molar-refractivity contribution is 5.96. The molecule has 0 saturated carbocycles. The van der Waals surface area contributed by atoms with Crippen molar-refractivity contribution in [3.05, 3.63) is 89.5 Å². The molecule has 0 aromatic heterocycles. The fraction of sp³-hybridized carbons (Fsp3) is 0.310. The predicted octanol–water partition coefficient (Wildman–Crippen LogP) is 5.18. The van der Waals surface area contributed by atoms with Crippen LogP contribution in [0, 0.1) is 0 Å². The van der Waals surface area contributed by atoms with Gasteiger partial charge in [0, 0.05) is 24.3 Å². The molecular formula is C29H32N2O4. The van der Waals surface area contributed by atoms with E-state index in [1.54, 1.807) is 14.0 Å². The van der Waals surface area contributed by atoms with Crippen LogP contribution in [0.25, 0.3) is 0 Å². The van der Waals surface area contributed by atoms with E-state index >= 15 is 0 Å². The van der Waals surface area contributed by atoms with Crippen molar-refractivity contribution in [1.29, 1.82) is 0 Å². The molecule has 3 aromatic carbocycles. The van der Waals surface area contributed by atoms with E-state index < -0.39 is 6.10 Å². The molecule has 182 valence electrons. The molecule has 2 atom stereocenters. The Bertz CT molecular complexity index is 1180. The Kier molecular flexibility index (Phi) is 7.70. The summed E-state index contributed by atoms with van der Waals surface area (Å²) in [7, 11) is 1.65. The molecule has 1 aliphatic heterocycles. The predicted molar refractivity (Wildman–Crippen MR) is 137 cm³/mol. The standard InChI is InChI=1S/C29H32N2O4/c1-4-25(21-10-6-5-7-11-21)28(32)30-24-14-15-27-23(18-24)19-31(29(33)20(2)35-27)17-16-22-12-8-9-13-26(22)34-3/h5-15,18,20,25H,4,16-17,19H2,1-3H3,(H,30,32)/t20-,25+/m0/s1. The fourth-order valence-electron chi connectivity index (χ4n) is 4.52. The van der Waals surface area contributed by atoms with Gasteiger partial charge in [0.15, 0.2) is 6.10 Å². The summed E-state index contributed by atoms with van der Waals surface area (Å²) < 4.78 is 11.4. The third-order valence-electron chi connectivity index (χ3n) is 6.42. The highest BCUT2D eigenvalue weighted by atomic mass is 16.5. The summed E-state index contributed by atoms with van der Waals surface area (Å²) in [6.45, 7) is 4.73. The van der Waals surface area contributed by atoms with Crippen molar-refractivity contribution >= 4 is 17.5 Å². The van der Waals surface area contributed by atoms with Gasteiger partial charge in [-0.2, -0.15) is 0 Å². The summed E-state index contributed by atoms with van der Waals surface area (Å²) in [4.78, 5) is 27.9. The molecule has 3 aromatic rings. The lowest BCUT2D eigenvalue weighted by molar-refractivity contribution is -0.137. The summed E-state index contributed by atoms with van der Waals surface area (Å²) in [6.07, 6.45) is 0.785. The van der Waals surface area contributed by atoms with Crippen LogP contribution in [0.15, 0.2) is 72.8 Å². The largest absolute Gasteiger partial charge is 0.496 e. The Balaban J connectivity index is 1.51. The van der Waals surface area contributed by atoms with E-state index in [0.717, 1.165) is 22.4 Å². The number of hydrogen-bond donors (Lipinski definition) is 1. The maximum atomic E-state index is 13.0. The van der Waals surface area contributed by atoms with E-state index in [9.17, 15) is 9.59 Å². The molecular weight excluding hydrogens is 440 g/mol. The number of anilines is 1. The van der Waals surface area contributed by atoms with Crippen LogP contribution >= 0.6 is 0 Å². The number of benzene rings is 3. The molecule has 0 aliphatic carbocycles. The minimum Gasteiger partial charge on any atom is -0.496 e. The van der Waals surface area contributed by atoms with Gasteiger partial charge in [-0.05, 0) is 55.2 Å². The molecule has 0 saturated heterocycles. The van der Waals surface area contributed by atoms with Gasteiger partial charge >= 0.3 is 0 Å². The number of hydrogen-bond acceptors (Lipinski definition) is 4. The lowest BCUT2D eigenvalue weighted by Crippen LogP contribution is -2.39. The van der Waals surface area contributed by atoms with Crippen LogP contribution < -0.4 is 14.8 Å². The third kappa shape index (κ3) is 5.65. The Morgan fingerprint density at radius 1 is 1.11 bits per heavy atom. The summed E-state index contributed by atoms with van der Waals surface area (Å²) in [5.41, 5.74) is 3.60. The first-order valence-corrected chi connectivity index (χ1v) is 12.1. The highest BCUT2D eigenvalue weighted by Crippen LogP contribution is 2.30. The van der Waals surface area contributed by atoms with Crippen LogP contribution in [-0.2, 0) is 22.6 Å². The second kappa shape index (κ2) is 11.1. The number of carbonyl (C=O) groups excluding carboxylic acids is 2. The van der Waals surface area contributed by atoms with Gasteiger partial charge in [0.2, 0.25) is 5.91 Å². The van der Waals surface area contributed by atoms with E-state index in [1.165, 1.54) is 0 Å². The third-order valence-corrected chi connectivity index (χ3v) is 6.42. The van der Waals surface area contributed by atoms with Crippen LogP contribution in [0.3, 0.4) is 0 Å². The van der Waals surface area contributed by atoms with Gasteiger partial charge in [0.25, 0.3) is 5.91 Å². The minimum atomic E-state index is -0.586. The number of rotatable bonds is 8. The average Bonchev–Trinajstić information content (AvgIpc) is 2.99. The van der Waals surface area contributed by atoms with Crippen molar-refractivity contribution in [2.45, 2.75) is 45.3 Å². The highest BCUT2D eigenvalue weighted by Gasteiger charge is 2.28. The van der Waals surface area contributed by atoms with E-state index in [4.69, 9.17) is 9.47 Å². The molecule has 0 spiro atoms. The van der Waals surface area contributed by atoms with E-state index in [1.807, 2.05) is 84.6 Å². The number of para-hydroxylation sites is 1. The van der Waals surface area contributed by atoms with Crippen molar-refractivity contribution in [3.8, 4) is 11.5 Å². The van der Waals surface area contributed by atoms with E-state index in [2.05, 4.69) is 5.32 Å². The number of fused-ring (bicyclic) bond motifs is 1. The van der Waals surface area contributed by atoms with Gasteiger partial charge in [-0.25, -0.2) is 0 Å². The van der Waals surface area contributed by atoms with E-state index in [0.29, 0.717) is 37.4 Å². The molecule has 4 rings (SSSR count). The van der Waals surface area contributed by atoms with E-state index in [-0.39, 0.29) is 17.7 Å². The zero-order chi connectivity index (χ0) is 24.8. The SMILES string of the molecule is CC[C@@H](C(=O)Nc1ccc2c(c1)CN(CCc1ccccc1OC)C(=O)[C@H](C)O2)c1ccccc1. The van der Waals surface area contributed by atoms with Crippen molar-refractivity contribution in [2.24, 2.45) is 0 Å². The van der Waals surface area contributed by atoms with Gasteiger partial charge in [0.05, 0.1) is 13.0 Å². The van der Waals surface area contributed by atoms with Crippen LogP contribution in [0.5, 0.6) is 11.5 Å². The van der Waals surface area contributed by atoms with Gasteiger partial charge in [0.1, 0.15) is 11.5 Å². The lowest BCUT2D eigenvalue weighted by Gasteiger charge is -2.22. The molecule has 0 bridgehead atoms. The van der Waals surface area contributed by atoms with Gasteiger partial charge < -0.3 is 19.7 Å². The topological polar surface area (TPSA) is 67.9 Å². The van der Waals surface area contributed by atoms with Crippen LogP contribution in [0.2, 0.25) is 0 Å². The smallest absolute Gasteiger partial charge is 0.263 e. The molecule has 0 fully saturated rings. The van der Waals surface area contributed by atoms with Crippen molar-refractivity contribution in [1.82, 2.24) is 4.90 Å². The molecule has 6 nitrogen and oxygen atoms in total. The Morgan fingerprint density at radius 2 is 1.86 bits per heavy atom. The number of amides is 2. The van der Waals surface area contributed by atoms with Crippen LogP contribution in [-0.4, -0.2) is 36.5 Å². The number of nitrogens with one attached hydrogen (secondary N) is 1. The van der Waals surface area contributed by atoms with Gasteiger partial charge in [-0.1, -0.05) is 55.5 Å². The Morgan fingerprint density at radius 3 is 2.60 bits per heavy atom. The van der Waals surface area contributed by atoms with Crippen LogP contribution in [0.1, 0.15) is 42.9 Å². The van der Waals surface area contributed by atoms with Gasteiger partial charge in [-0.15, -0.1) is 0 Å². The molecule has 35 heavy (non-hydrogen) atoms. The number of carbonyl (C=O) groups is 2. The summed E-state index contributed by atoms with van der Waals surface area (Å²) in [5.74, 6) is 1.14. The van der Waals surface area contributed by atoms with Crippen molar-refractivity contribution < 1.29 is 19.1 Å². The molecule has 6 heteroatoms. The normalized spacial score (nSPS) is 16.0. The number of ether oxygens (including phenoxy) is 2. The quantitative estimate of drug-likeness (QED) is 0.491. The second-order valence-corrected chi connectivity index (χ2v) is 8.76. The molecule has 1 heterocycles. The first-order chi connectivity index (χ1) is 17.0. The Labute approximate surface area is 206 Å². The summed E-state index contributed by atoms with van der Waals surface area (Å²) in [5, 5.41) is 3.06. The Hall–Kier alpha value is -3.80. The maximum Gasteiger partial charge on any atom is 0.263 e. The maximum absolute atomic E-state index is 13.0. The zero-order valence-corrected chi connectivity index (χ0v) is 20.5. The molecule has 0 radical (unpaired) electrons. The number of nitrogens with zero attached hydrogens (tertiary/aromatic N) is 1. The monoisotopic (exact) mass is 472 g/mol. The fourth-order valence-corrected chi connectivity index (χ4v) is 4.52. The first kappa shape index (κ1) is 24.3. The molecule has 2 amide bonds. The molecule has 1 aliphatic rings. The van der Waals surface area contributed by atoms with Crippen LogP contribution in [0.4, 0.5) is 5.69 Å². The average molecular weight is 473 g/mol. The molecule has 0 unspecified atom stereocenters. The van der Waals surface area contributed by atoms with Gasteiger partial charge in [-0.3, -0.25) is 9.59 Å². The first-order valence-electron chi connectivity index (χ1n) is 12.1. The number of methoxy groups -OCH3 is 1. The van der Waals surface area contributed by atoms with Crippen molar-refractivity contribution in [2.75, 3.05) is 19.0 Å². The van der Waals surface area contributed by atoms with Crippen molar-refractivity contribution in [3.63, 3.8) is 0 Å².